The van der Waals surface area contributed by atoms with Gasteiger partial charge < -0.3 is 53.2 Å². The van der Waals surface area contributed by atoms with Crippen molar-refractivity contribution in [3.8, 4) is 0 Å². The molecule has 338 valence electrons. The molecule has 0 unspecified atom stereocenters. The van der Waals surface area contributed by atoms with Crippen molar-refractivity contribution in [2.45, 2.75) is 121 Å². The minimum atomic E-state index is -1.53. The van der Waals surface area contributed by atoms with Crippen molar-refractivity contribution in [3.05, 3.63) is 71.8 Å². The molecule has 0 spiro atoms. The monoisotopic (exact) mass is 864 g/mol. The molecule has 7 atom stereocenters. The van der Waals surface area contributed by atoms with Crippen LogP contribution in [0.5, 0.6) is 0 Å². The number of carbonyl (C=O) groups is 9. The van der Waals surface area contributed by atoms with Gasteiger partial charge in [0.05, 0.1) is 12.5 Å². The zero-order chi connectivity index (χ0) is 46.1. The van der Waals surface area contributed by atoms with Crippen LogP contribution in [-0.2, 0) is 56.0 Å². The van der Waals surface area contributed by atoms with Gasteiger partial charge in [-0.15, -0.1) is 0 Å². The summed E-state index contributed by atoms with van der Waals surface area (Å²) < 4.78 is 0. The SMILES string of the molecule is CC(C)C[C@H](NC(=O)[C@H](Cc1ccccc1)NC(=O)[C@@H](NC(=O)[C@H](CCC(=O)O)NC(=O)[C@H](Cc1ccccc1)NC(=O)[C@@H]1CCCN1C(=O)[C@@H](N)CC(N)=O)C(C)C)C(=O)O. The number of nitrogens with one attached hydrogen (secondary N) is 5. The summed E-state index contributed by atoms with van der Waals surface area (Å²) in [4.78, 5) is 119. The van der Waals surface area contributed by atoms with E-state index in [1.165, 1.54) is 4.90 Å². The zero-order valence-electron chi connectivity index (χ0n) is 35.5. The number of aliphatic carboxylic acids is 2. The smallest absolute Gasteiger partial charge is 0.326 e. The predicted molar refractivity (Wildman–Crippen MR) is 225 cm³/mol. The highest BCUT2D eigenvalue weighted by Crippen LogP contribution is 2.20. The Balaban J connectivity index is 1.87. The predicted octanol–water partition coefficient (Wildman–Crippen LogP) is -0.259. The molecule has 0 saturated carbocycles. The van der Waals surface area contributed by atoms with Crippen molar-refractivity contribution in [1.82, 2.24) is 31.5 Å². The maximum atomic E-state index is 14.1. The quantitative estimate of drug-likeness (QED) is 0.0660. The van der Waals surface area contributed by atoms with Crippen molar-refractivity contribution < 1.29 is 53.4 Å². The molecule has 3 rings (SSSR count). The number of hydrogen-bond donors (Lipinski definition) is 9. The number of primary amides is 1. The van der Waals surface area contributed by atoms with E-state index in [9.17, 15) is 53.4 Å². The first-order valence-corrected chi connectivity index (χ1v) is 20.7. The molecule has 1 fully saturated rings. The summed E-state index contributed by atoms with van der Waals surface area (Å²) in [5.74, 6) is -8.74. The van der Waals surface area contributed by atoms with Crippen LogP contribution >= 0.6 is 0 Å². The topological polar surface area (TPSA) is 310 Å². The molecule has 1 aliphatic heterocycles. The minimum absolute atomic E-state index is 0.0238. The molecule has 0 bridgehead atoms. The van der Waals surface area contributed by atoms with Crippen LogP contribution in [-0.4, -0.2) is 117 Å². The van der Waals surface area contributed by atoms with E-state index in [2.05, 4.69) is 26.6 Å². The van der Waals surface area contributed by atoms with Gasteiger partial charge in [-0.3, -0.25) is 38.4 Å². The second-order valence-electron chi connectivity index (χ2n) is 16.2. The van der Waals surface area contributed by atoms with E-state index < -0.39 is 121 Å². The van der Waals surface area contributed by atoms with Crippen LogP contribution in [0.3, 0.4) is 0 Å². The maximum absolute atomic E-state index is 14.1. The lowest BCUT2D eigenvalue weighted by Crippen LogP contribution is -2.61. The molecule has 62 heavy (non-hydrogen) atoms. The molecule has 0 aliphatic carbocycles. The lowest BCUT2D eigenvalue weighted by atomic mass is 9.99. The third-order valence-corrected chi connectivity index (χ3v) is 10.3. The Bertz CT molecular complexity index is 1900. The molecule has 2 aromatic rings. The van der Waals surface area contributed by atoms with Gasteiger partial charge in [-0.1, -0.05) is 88.4 Å². The van der Waals surface area contributed by atoms with Gasteiger partial charge in [0, 0.05) is 25.8 Å². The van der Waals surface area contributed by atoms with E-state index in [-0.39, 0.29) is 38.1 Å². The Morgan fingerprint density at radius 2 is 1.19 bits per heavy atom. The number of carboxylic acid groups (broad SMARTS) is 2. The first-order chi connectivity index (χ1) is 29.3. The molecule has 0 radical (unpaired) electrons. The molecule has 11 N–H and O–H groups in total. The van der Waals surface area contributed by atoms with Crippen LogP contribution in [0.2, 0.25) is 0 Å². The summed E-state index contributed by atoms with van der Waals surface area (Å²) in [5, 5.41) is 32.3. The highest BCUT2D eigenvalue weighted by atomic mass is 16.4. The average molecular weight is 865 g/mol. The third kappa shape index (κ3) is 15.9. The number of carboxylic acids is 2. The second-order valence-corrected chi connectivity index (χ2v) is 16.2. The highest BCUT2D eigenvalue weighted by Gasteiger charge is 2.39. The number of amides is 7. The molecule has 19 heteroatoms. The summed E-state index contributed by atoms with van der Waals surface area (Å²) in [6, 6.07) is 8.26. The Morgan fingerprint density at radius 3 is 1.68 bits per heavy atom. The normalized spacial score (nSPS) is 16.5. The molecular formula is C43H60N8O11. The summed E-state index contributed by atoms with van der Waals surface area (Å²) in [5.41, 5.74) is 12.4. The second kappa shape index (κ2) is 24.2. The summed E-state index contributed by atoms with van der Waals surface area (Å²) >= 11 is 0. The van der Waals surface area contributed by atoms with Gasteiger partial charge in [-0.2, -0.15) is 0 Å². The van der Waals surface area contributed by atoms with Crippen LogP contribution in [0, 0.1) is 11.8 Å². The third-order valence-electron chi connectivity index (χ3n) is 10.3. The van der Waals surface area contributed by atoms with Gasteiger partial charge in [0.15, 0.2) is 0 Å². The van der Waals surface area contributed by atoms with Crippen LogP contribution in [0.25, 0.3) is 0 Å². The molecule has 1 aliphatic rings. The maximum Gasteiger partial charge on any atom is 0.326 e. The summed E-state index contributed by atoms with van der Waals surface area (Å²) in [7, 11) is 0. The van der Waals surface area contributed by atoms with Crippen LogP contribution in [0.4, 0.5) is 0 Å². The fraction of sp³-hybridized carbons (Fsp3) is 0.512. The van der Waals surface area contributed by atoms with E-state index in [0.717, 1.165) is 0 Å². The van der Waals surface area contributed by atoms with Gasteiger partial charge >= 0.3 is 11.9 Å². The van der Waals surface area contributed by atoms with Crippen LogP contribution < -0.4 is 38.1 Å². The van der Waals surface area contributed by atoms with Crippen molar-refractivity contribution in [2.24, 2.45) is 23.3 Å². The first kappa shape index (κ1) is 50.0. The van der Waals surface area contributed by atoms with Gasteiger partial charge in [-0.25, -0.2) is 4.79 Å². The number of nitrogens with zero attached hydrogens (tertiary/aromatic N) is 1. The van der Waals surface area contributed by atoms with Crippen LogP contribution in [0.15, 0.2) is 60.7 Å². The van der Waals surface area contributed by atoms with Crippen molar-refractivity contribution in [1.29, 1.82) is 0 Å². The zero-order valence-corrected chi connectivity index (χ0v) is 35.5. The molecule has 1 saturated heterocycles. The van der Waals surface area contributed by atoms with E-state index in [0.29, 0.717) is 17.5 Å². The lowest BCUT2D eigenvalue weighted by molar-refractivity contribution is -0.143. The van der Waals surface area contributed by atoms with E-state index in [1.807, 2.05) is 0 Å². The number of carbonyl (C=O) groups excluding carboxylic acids is 7. The van der Waals surface area contributed by atoms with Gasteiger partial charge in [0.25, 0.3) is 0 Å². The average Bonchev–Trinajstić information content (AvgIpc) is 3.70. The molecule has 0 aromatic heterocycles. The fourth-order valence-electron chi connectivity index (χ4n) is 7.03. The minimum Gasteiger partial charge on any atom is -0.481 e. The summed E-state index contributed by atoms with van der Waals surface area (Å²) in [6.45, 7) is 7.00. The molecular weight excluding hydrogens is 805 g/mol. The van der Waals surface area contributed by atoms with E-state index in [4.69, 9.17) is 11.5 Å². The Hall–Kier alpha value is -6.37. The van der Waals surface area contributed by atoms with E-state index in [1.54, 1.807) is 88.4 Å². The fourth-order valence-corrected chi connectivity index (χ4v) is 7.03. The number of rotatable bonds is 24. The first-order valence-electron chi connectivity index (χ1n) is 20.7. The van der Waals surface area contributed by atoms with Crippen LogP contribution in [0.1, 0.15) is 77.3 Å². The molecule has 1 heterocycles. The number of nitrogens with two attached hydrogens (primary N) is 2. The molecule has 7 amide bonds. The largest absolute Gasteiger partial charge is 0.481 e. The van der Waals surface area contributed by atoms with Gasteiger partial charge in [-0.05, 0) is 48.6 Å². The van der Waals surface area contributed by atoms with Gasteiger partial charge in [0.1, 0.15) is 36.3 Å². The number of benzene rings is 2. The van der Waals surface area contributed by atoms with Gasteiger partial charge in [0.2, 0.25) is 41.4 Å². The standard InChI is InChI=1S/C43H60N8O11/c1-24(2)20-32(43(61)62)49-39(57)31(22-27-14-9-6-10-15-27)48-41(59)36(25(3)4)50-37(55)29(17-18-35(53)54)46-38(56)30(21-26-12-7-5-8-13-26)47-40(58)33-16-11-19-51(33)42(60)28(44)23-34(45)52/h5-10,12-15,24-25,28-33,36H,11,16-23,44H2,1-4H3,(H2,45,52)(H,46,56)(H,47,58)(H,48,59)(H,49,57)(H,50,55)(H,53,54)(H,61,62)/t28-,29-,30-,31-,32-,33-,36-/m0/s1. The number of hydrogen-bond acceptors (Lipinski definition) is 10. The Morgan fingerprint density at radius 1 is 0.694 bits per heavy atom. The van der Waals surface area contributed by atoms with Crippen molar-refractivity contribution >= 4 is 53.3 Å². The highest BCUT2D eigenvalue weighted by molar-refractivity contribution is 5.98. The lowest BCUT2D eigenvalue weighted by Gasteiger charge is -2.30. The molecule has 19 nitrogen and oxygen atoms in total. The van der Waals surface area contributed by atoms with Crippen molar-refractivity contribution in [2.75, 3.05) is 6.54 Å². The van der Waals surface area contributed by atoms with Crippen molar-refractivity contribution in [3.63, 3.8) is 0 Å². The number of likely N-dealkylation sites (tertiary alicyclic amines) is 1. The Labute approximate surface area is 360 Å². The Kier molecular flexibility index (Phi) is 19.5. The van der Waals surface area contributed by atoms with E-state index >= 15 is 0 Å². The summed E-state index contributed by atoms with van der Waals surface area (Å²) in [6.07, 6.45) is -0.728. The molecule has 2 aromatic carbocycles.